The Hall–Kier alpha value is -2.62. The number of hydrazine groups is 1. The van der Waals surface area contributed by atoms with Crippen LogP contribution in [0.25, 0.3) is 0 Å². The second-order valence-corrected chi connectivity index (χ2v) is 5.70. The predicted molar refractivity (Wildman–Crippen MR) is 80.1 cm³/mol. The lowest BCUT2D eigenvalue weighted by Gasteiger charge is -2.19. The fourth-order valence-electron chi connectivity index (χ4n) is 1.32. The highest BCUT2D eigenvalue weighted by Gasteiger charge is 2.21. The van der Waals surface area contributed by atoms with Crippen LogP contribution in [0.2, 0.25) is 5.15 Å². The van der Waals surface area contributed by atoms with E-state index in [2.05, 4.69) is 26.1 Å². The number of aromatic amines is 1. The van der Waals surface area contributed by atoms with E-state index in [1.807, 2.05) is 0 Å². The molecule has 0 saturated carbocycles. The molecule has 11 heteroatoms. The number of halogens is 1. The highest BCUT2D eigenvalue weighted by molar-refractivity contribution is 6.33. The van der Waals surface area contributed by atoms with Crippen LogP contribution in [0, 0.1) is 0 Å². The summed E-state index contributed by atoms with van der Waals surface area (Å²) < 4.78 is 4.95. The molecule has 1 rings (SSSR count). The van der Waals surface area contributed by atoms with E-state index in [9.17, 15) is 14.4 Å². The number of rotatable bonds is 3. The Labute approximate surface area is 137 Å². The van der Waals surface area contributed by atoms with Gasteiger partial charge >= 0.3 is 6.09 Å². The molecule has 0 spiro atoms. The Kier molecular flexibility index (Phi) is 6.08. The van der Waals surface area contributed by atoms with Crippen LogP contribution in [0.5, 0.6) is 0 Å². The van der Waals surface area contributed by atoms with Gasteiger partial charge in [0.25, 0.3) is 11.8 Å². The van der Waals surface area contributed by atoms with Crippen molar-refractivity contribution < 1.29 is 24.1 Å². The van der Waals surface area contributed by atoms with Gasteiger partial charge in [-0.2, -0.15) is 0 Å². The number of hydrogen-bond acceptors (Lipinski definition) is 6. The number of nitrogen functional groups attached to an aromatic ring is 1. The van der Waals surface area contributed by atoms with Gasteiger partial charge in [-0.25, -0.2) is 9.78 Å². The van der Waals surface area contributed by atoms with Gasteiger partial charge in [0.1, 0.15) is 12.1 Å². The predicted octanol–water partition coefficient (Wildman–Crippen LogP) is -0.583. The van der Waals surface area contributed by atoms with Crippen molar-refractivity contribution in [2.45, 2.75) is 26.4 Å². The summed E-state index contributed by atoms with van der Waals surface area (Å²) in [4.78, 5) is 40.9. The number of amides is 3. The Morgan fingerprint density at radius 2 is 2.00 bits per heavy atom. The SMILES string of the molecule is CC(C)(C)OC(=O)NCC(=O)NNC(=O)c1c(Cl)nc[nH+]c1N. The van der Waals surface area contributed by atoms with Gasteiger partial charge in [0.2, 0.25) is 17.3 Å². The number of carbonyl (C=O) groups is 3. The van der Waals surface area contributed by atoms with Crippen molar-refractivity contribution in [2.75, 3.05) is 12.3 Å². The Morgan fingerprint density at radius 3 is 2.57 bits per heavy atom. The second-order valence-electron chi connectivity index (χ2n) is 5.34. The smallest absolute Gasteiger partial charge is 0.408 e. The zero-order valence-electron chi connectivity index (χ0n) is 12.8. The molecule has 1 aromatic heterocycles. The average Bonchev–Trinajstić information content (AvgIpc) is 2.41. The molecule has 23 heavy (non-hydrogen) atoms. The number of alkyl carbamates (subject to hydrolysis) is 1. The monoisotopic (exact) mass is 345 g/mol. The van der Waals surface area contributed by atoms with Crippen molar-refractivity contribution in [1.82, 2.24) is 21.2 Å². The van der Waals surface area contributed by atoms with E-state index in [1.165, 1.54) is 6.33 Å². The van der Waals surface area contributed by atoms with E-state index in [0.29, 0.717) is 0 Å². The Morgan fingerprint density at radius 1 is 1.35 bits per heavy atom. The van der Waals surface area contributed by atoms with Crippen molar-refractivity contribution >= 4 is 35.3 Å². The van der Waals surface area contributed by atoms with Gasteiger partial charge in [0.15, 0.2) is 5.56 Å². The normalized spacial score (nSPS) is 10.6. The summed E-state index contributed by atoms with van der Waals surface area (Å²) in [6.07, 6.45) is 0.464. The quantitative estimate of drug-likeness (QED) is 0.425. The molecule has 0 aromatic carbocycles. The molecule has 0 atom stereocenters. The minimum Gasteiger partial charge on any atom is -0.444 e. The maximum absolute atomic E-state index is 11.9. The lowest BCUT2D eigenvalue weighted by molar-refractivity contribution is -0.365. The van der Waals surface area contributed by atoms with Crippen molar-refractivity contribution in [3.63, 3.8) is 0 Å². The summed E-state index contributed by atoms with van der Waals surface area (Å²) in [6.45, 7) is 4.67. The molecule has 1 heterocycles. The molecule has 0 saturated heterocycles. The molecule has 0 bridgehead atoms. The first kappa shape index (κ1) is 18.4. The minimum absolute atomic E-state index is 0.0105. The molecule has 6 N–H and O–H groups in total. The van der Waals surface area contributed by atoms with Crippen LogP contribution < -0.4 is 26.9 Å². The van der Waals surface area contributed by atoms with Crippen LogP contribution in [-0.2, 0) is 9.53 Å². The number of carbonyl (C=O) groups excluding carboxylic acids is 3. The molecular weight excluding hydrogens is 328 g/mol. The van der Waals surface area contributed by atoms with E-state index < -0.39 is 30.1 Å². The summed E-state index contributed by atoms with van der Waals surface area (Å²) in [6, 6.07) is 0. The number of nitrogens with one attached hydrogen (secondary N) is 4. The van der Waals surface area contributed by atoms with Crippen LogP contribution in [-0.4, -0.2) is 35.0 Å². The molecule has 126 valence electrons. The highest BCUT2D eigenvalue weighted by atomic mass is 35.5. The molecule has 10 nitrogen and oxygen atoms in total. The van der Waals surface area contributed by atoms with Crippen molar-refractivity contribution in [3.8, 4) is 0 Å². The third-order valence-corrected chi connectivity index (χ3v) is 2.49. The summed E-state index contributed by atoms with van der Waals surface area (Å²) in [5.41, 5.74) is 8.95. The number of nitrogens with two attached hydrogens (primary N) is 1. The maximum Gasteiger partial charge on any atom is 0.408 e. The number of ether oxygens (including phenoxy) is 1. The van der Waals surface area contributed by atoms with Gasteiger partial charge < -0.3 is 15.8 Å². The Balaban J connectivity index is 2.45. The second kappa shape index (κ2) is 7.58. The first-order chi connectivity index (χ1) is 10.6. The van der Waals surface area contributed by atoms with Gasteiger partial charge in [-0.05, 0) is 32.4 Å². The molecule has 0 aliphatic heterocycles. The first-order valence-electron chi connectivity index (χ1n) is 6.48. The van der Waals surface area contributed by atoms with Crippen LogP contribution in [0.1, 0.15) is 31.1 Å². The fraction of sp³-hybridized carbons (Fsp3) is 0.417. The van der Waals surface area contributed by atoms with Gasteiger partial charge in [-0.1, -0.05) is 4.98 Å². The van der Waals surface area contributed by atoms with E-state index >= 15 is 0 Å². The highest BCUT2D eigenvalue weighted by Crippen LogP contribution is 2.14. The molecule has 1 aromatic rings. The number of aromatic nitrogens is 2. The molecular formula is C12H18ClN6O4+. The lowest BCUT2D eigenvalue weighted by atomic mass is 10.2. The molecule has 0 aliphatic carbocycles. The number of H-pyrrole nitrogens is 1. The topological polar surface area (TPSA) is 150 Å². The van der Waals surface area contributed by atoms with Crippen LogP contribution in [0.4, 0.5) is 10.6 Å². The zero-order chi connectivity index (χ0) is 17.6. The molecule has 3 amide bonds. The van der Waals surface area contributed by atoms with Gasteiger partial charge in [0.05, 0.1) is 0 Å². The summed E-state index contributed by atoms with van der Waals surface area (Å²) in [5.74, 6) is -1.45. The Bertz CT molecular complexity index is 596. The number of anilines is 1. The number of hydrogen-bond donors (Lipinski definition) is 4. The standard InChI is InChI=1S/C12H17ClN6O4/c1-12(2,3)23-11(22)15-4-6(20)18-19-10(21)7-8(13)16-5-17-9(7)14/h5H,4H2,1-3H3,(H,15,22)(H,18,20)(H,19,21)(H2,14,16,17)/p+1. The third-order valence-electron chi connectivity index (χ3n) is 2.21. The molecule has 0 aliphatic rings. The average molecular weight is 346 g/mol. The van der Waals surface area contributed by atoms with Gasteiger partial charge in [0, 0.05) is 0 Å². The first-order valence-corrected chi connectivity index (χ1v) is 6.85. The molecule has 0 radical (unpaired) electrons. The summed E-state index contributed by atoms with van der Waals surface area (Å²) in [7, 11) is 0. The van der Waals surface area contributed by atoms with Crippen molar-refractivity contribution in [1.29, 1.82) is 0 Å². The van der Waals surface area contributed by atoms with E-state index in [0.717, 1.165) is 0 Å². The van der Waals surface area contributed by atoms with Crippen molar-refractivity contribution in [2.24, 2.45) is 0 Å². The summed E-state index contributed by atoms with van der Waals surface area (Å²) in [5, 5.41) is 2.11. The van der Waals surface area contributed by atoms with E-state index in [1.54, 1.807) is 20.8 Å². The van der Waals surface area contributed by atoms with Gasteiger partial charge in [-0.15, -0.1) is 0 Å². The molecule has 0 unspecified atom stereocenters. The fourth-order valence-corrected chi connectivity index (χ4v) is 1.56. The zero-order valence-corrected chi connectivity index (χ0v) is 13.6. The maximum atomic E-state index is 11.9. The van der Waals surface area contributed by atoms with Crippen LogP contribution >= 0.6 is 11.6 Å². The van der Waals surface area contributed by atoms with Crippen LogP contribution in [0.15, 0.2) is 6.33 Å². The van der Waals surface area contributed by atoms with Crippen LogP contribution in [0.3, 0.4) is 0 Å². The van der Waals surface area contributed by atoms with E-state index in [4.69, 9.17) is 22.1 Å². The largest absolute Gasteiger partial charge is 0.444 e. The number of nitrogens with zero attached hydrogens (tertiary/aromatic N) is 1. The molecule has 0 fully saturated rings. The summed E-state index contributed by atoms with van der Waals surface area (Å²) >= 11 is 5.75. The van der Waals surface area contributed by atoms with E-state index in [-0.39, 0.29) is 16.5 Å². The third kappa shape index (κ3) is 6.34. The van der Waals surface area contributed by atoms with Gasteiger partial charge in [-0.3, -0.25) is 20.4 Å². The van der Waals surface area contributed by atoms with Crippen molar-refractivity contribution in [3.05, 3.63) is 17.0 Å². The lowest BCUT2D eigenvalue weighted by Crippen LogP contribution is -2.47. The minimum atomic E-state index is -0.762.